The number of benzene rings is 4. The summed E-state index contributed by atoms with van der Waals surface area (Å²) >= 11 is 0. The molecule has 30 heavy (non-hydrogen) atoms. The van der Waals surface area contributed by atoms with Crippen LogP contribution in [0.2, 0.25) is 0 Å². The van der Waals surface area contributed by atoms with E-state index in [1.54, 1.807) is 0 Å². The molecule has 0 aliphatic carbocycles. The third-order valence-electron chi connectivity index (χ3n) is 5.50. The van der Waals surface area contributed by atoms with Crippen LogP contribution >= 0.6 is 7.14 Å². The summed E-state index contributed by atoms with van der Waals surface area (Å²) in [6.45, 7) is 0. The van der Waals surface area contributed by atoms with Gasteiger partial charge in [-0.25, -0.2) is 0 Å². The normalized spacial score (nSPS) is 11.2. The Bertz CT molecular complexity index is 981. The van der Waals surface area contributed by atoms with Crippen molar-refractivity contribution in [1.82, 2.24) is 0 Å². The molecule has 0 spiro atoms. The van der Waals surface area contributed by atoms with Crippen molar-refractivity contribution < 1.29 is 30.3 Å². The summed E-state index contributed by atoms with van der Waals surface area (Å²) in [5, 5.41) is 13.9. The van der Waals surface area contributed by atoms with Crippen molar-refractivity contribution in [3.05, 3.63) is 121 Å². The van der Waals surface area contributed by atoms with Gasteiger partial charge in [0, 0.05) is 20.4 Å². The Hall–Kier alpha value is -2.49. The van der Waals surface area contributed by atoms with Gasteiger partial charge in [-0.3, -0.25) is 0 Å². The van der Waals surface area contributed by atoms with Crippen LogP contribution in [0.25, 0.3) is 0 Å². The second-order valence-electron chi connectivity index (χ2n) is 7.09. The van der Waals surface area contributed by atoms with Crippen LogP contribution in [0.5, 0.6) is 0 Å². The molecule has 4 aromatic carbocycles. The molecular weight excluding hydrogens is 480 g/mol. The third-order valence-corrected chi connectivity index (χ3v) is 10.7. The van der Waals surface area contributed by atoms with Gasteiger partial charge in [-0.05, 0) is 0 Å². The van der Waals surface area contributed by atoms with E-state index in [1.165, 1.54) is 0 Å². The summed E-state index contributed by atoms with van der Waals surface area (Å²) in [4.78, 5) is 12.9. The predicted octanol–water partition coefficient (Wildman–Crippen LogP) is 3.87. The maximum absolute atomic E-state index is 12.9. The minimum atomic E-state index is -2.96. The summed E-state index contributed by atoms with van der Waals surface area (Å²) < 4.78 is 0. The standard InChI is InChI=1S/C25H22BO2P.Pd/c27-25(28)26(21-13-5-1-6-14-21)29(22-15-7-2-8-16-22,23-17-9-3-10-18-23)24-19-11-4-12-20-24;/h1-20,29H,(H,27,28);. The molecule has 0 aromatic heterocycles. The van der Waals surface area contributed by atoms with Gasteiger partial charge in [-0.15, -0.1) is 0 Å². The van der Waals surface area contributed by atoms with Crippen LogP contribution in [0.1, 0.15) is 0 Å². The van der Waals surface area contributed by atoms with Gasteiger partial charge in [0.05, 0.1) is 0 Å². The van der Waals surface area contributed by atoms with Crippen LogP contribution in [0.15, 0.2) is 121 Å². The summed E-state index contributed by atoms with van der Waals surface area (Å²) in [5.41, 5.74) is 0.836. The molecule has 4 rings (SSSR count). The Morgan fingerprint density at radius 3 is 1.17 bits per heavy atom. The summed E-state index contributed by atoms with van der Waals surface area (Å²) in [6.07, 6.45) is -0.657. The van der Waals surface area contributed by atoms with Crippen LogP contribution < -0.4 is 21.4 Å². The molecule has 152 valence electrons. The first-order valence-corrected chi connectivity index (χ1v) is 11.8. The fraction of sp³-hybridized carbons (Fsp3) is 0. The molecule has 0 heterocycles. The molecule has 0 aliphatic heterocycles. The van der Waals surface area contributed by atoms with E-state index < -0.39 is 19.4 Å². The Morgan fingerprint density at radius 1 is 0.567 bits per heavy atom. The second-order valence-corrected chi connectivity index (χ2v) is 11.0. The van der Waals surface area contributed by atoms with Crippen LogP contribution in [-0.4, -0.2) is 17.4 Å². The van der Waals surface area contributed by atoms with Crippen LogP contribution in [0, 0.1) is 0 Å². The summed E-state index contributed by atoms with van der Waals surface area (Å²) in [7, 11) is -2.96. The molecule has 2 nitrogen and oxygen atoms in total. The van der Waals surface area contributed by atoms with Crippen LogP contribution in [0.4, 0.5) is 4.79 Å². The molecule has 0 bridgehead atoms. The largest absolute Gasteiger partial charge is 0 e. The maximum atomic E-state index is 12.9. The van der Waals surface area contributed by atoms with Crippen molar-refractivity contribution in [3.63, 3.8) is 0 Å². The van der Waals surface area contributed by atoms with Crippen molar-refractivity contribution in [2.24, 2.45) is 0 Å². The molecule has 0 saturated carbocycles. The van der Waals surface area contributed by atoms with E-state index >= 15 is 0 Å². The third kappa shape index (κ3) is 4.05. The number of hydrogen-bond acceptors (Lipinski definition) is 1. The van der Waals surface area contributed by atoms with E-state index in [0.29, 0.717) is 0 Å². The van der Waals surface area contributed by atoms with Crippen molar-refractivity contribution in [3.8, 4) is 0 Å². The summed E-state index contributed by atoms with van der Waals surface area (Å²) in [6, 6.07) is 40.2. The molecule has 0 radical (unpaired) electrons. The molecule has 0 unspecified atom stereocenters. The first-order chi connectivity index (χ1) is 14.2. The predicted molar refractivity (Wildman–Crippen MR) is 126 cm³/mol. The van der Waals surface area contributed by atoms with Gasteiger partial charge >= 0.3 is 172 Å². The minimum Gasteiger partial charge on any atom is 0 e. The fourth-order valence-electron chi connectivity index (χ4n) is 4.33. The molecular formula is C25H22BO2PPd. The topological polar surface area (TPSA) is 37.3 Å². The zero-order valence-electron chi connectivity index (χ0n) is 16.3. The Balaban J connectivity index is 0.00000256. The minimum absolute atomic E-state index is 0. The van der Waals surface area contributed by atoms with Gasteiger partial charge in [0.2, 0.25) is 0 Å². The van der Waals surface area contributed by atoms with Crippen molar-refractivity contribution in [2.45, 2.75) is 0 Å². The number of hydrogen-bond donors (Lipinski definition) is 1. The Labute approximate surface area is 192 Å². The Kier molecular flexibility index (Phi) is 7.41. The van der Waals surface area contributed by atoms with Gasteiger partial charge < -0.3 is 0 Å². The van der Waals surface area contributed by atoms with Crippen LogP contribution in [-0.2, 0) is 20.4 Å². The number of carbonyl (C=O) groups is 1. The van der Waals surface area contributed by atoms with Gasteiger partial charge in [0.15, 0.2) is 0 Å². The fourth-order valence-corrected chi connectivity index (χ4v) is 9.54. The zero-order chi connectivity index (χ0) is 20.1. The Morgan fingerprint density at radius 2 is 0.867 bits per heavy atom. The molecule has 0 saturated heterocycles. The first kappa shape index (κ1) is 22.2. The summed E-state index contributed by atoms with van der Waals surface area (Å²) in [5.74, 6) is -0.792. The number of carboxylic acid groups (broad SMARTS) is 1. The molecule has 5 heteroatoms. The quantitative estimate of drug-likeness (QED) is 0.321. The van der Waals surface area contributed by atoms with Crippen molar-refractivity contribution in [1.29, 1.82) is 0 Å². The second kappa shape index (κ2) is 10.0. The van der Waals surface area contributed by atoms with E-state index in [0.717, 1.165) is 21.4 Å². The van der Waals surface area contributed by atoms with Crippen LogP contribution in [0.3, 0.4) is 0 Å². The van der Waals surface area contributed by atoms with E-state index in [-0.39, 0.29) is 20.4 Å². The maximum Gasteiger partial charge on any atom is 0 e. The molecule has 1 N–H and O–H groups in total. The SMILES string of the molecule is O=C(O)B(c1ccccc1)[PH](c1ccccc1)(c1ccccc1)c1ccccc1.[Pd]. The van der Waals surface area contributed by atoms with Gasteiger partial charge in [-0.2, -0.15) is 0 Å². The van der Waals surface area contributed by atoms with E-state index in [4.69, 9.17) is 0 Å². The number of rotatable bonds is 6. The zero-order valence-corrected chi connectivity index (χ0v) is 18.9. The van der Waals surface area contributed by atoms with Gasteiger partial charge in [-0.1, -0.05) is 0 Å². The van der Waals surface area contributed by atoms with E-state index in [9.17, 15) is 9.90 Å². The molecule has 0 atom stereocenters. The monoisotopic (exact) mass is 502 g/mol. The molecule has 0 aliphatic rings. The molecule has 4 aromatic rings. The van der Waals surface area contributed by atoms with Crippen molar-refractivity contribution >= 4 is 40.8 Å². The average Bonchev–Trinajstić information content (AvgIpc) is 2.79. The van der Waals surface area contributed by atoms with Gasteiger partial charge in [0.25, 0.3) is 0 Å². The first-order valence-electron chi connectivity index (χ1n) is 9.69. The van der Waals surface area contributed by atoms with E-state index in [2.05, 4.69) is 36.4 Å². The van der Waals surface area contributed by atoms with E-state index in [1.807, 2.05) is 84.9 Å². The smallest absolute Gasteiger partial charge is 0 e. The van der Waals surface area contributed by atoms with Crippen molar-refractivity contribution in [2.75, 3.05) is 0 Å². The molecule has 0 fully saturated rings. The average molecular weight is 503 g/mol. The van der Waals surface area contributed by atoms with Gasteiger partial charge in [0.1, 0.15) is 0 Å². The molecule has 0 amide bonds.